The van der Waals surface area contributed by atoms with E-state index >= 15 is 0 Å². The molecule has 20 heavy (non-hydrogen) atoms. The van der Waals surface area contributed by atoms with Gasteiger partial charge in [-0.1, -0.05) is 24.3 Å². The van der Waals surface area contributed by atoms with Crippen LogP contribution >= 0.6 is 0 Å². The Bertz CT molecular complexity index is 409. The molecule has 0 spiro atoms. The second-order valence-corrected chi connectivity index (χ2v) is 4.51. The van der Waals surface area contributed by atoms with Gasteiger partial charge in [-0.15, -0.1) is 0 Å². The highest BCUT2D eigenvalue weighted by Gasteiger charge is 2.11. The second-order valence-electron chi connectivity index (χ2n) is 4.51. The topological polar surface area (TPSA) is 59.0 Å². The van der Waals surface area contributed by atoms with Gasteiger partial charge in [-0.25, -0.2) is 0 Å². The number of hydrogen-bond acceptors (Lipinski definition) is 5. The predicted molar refractivity (Wildman–Crippen MR) is 76.4 cm³/mol. The van der Waals surface area contributed by atoms with E-state index in [2.05, 4.69) is 4.90 Å². The van der Waals surface area contributed by atoms with Crippen LogP contribution in [0.25, 0.3) is 0 Å². The van der Waals surface area contributed by atoms with Crippen molar-refractivity contribution < 1.29 is 19.4 Å². The van der Waals surface area contributed by atoms with Crippen LogP contribution in [0.3, 0.4) is 0 Å². The van der Waals surface area contributed by atoms with Crippen LogP contribution in [0.4, 0.5) is 0 Å². The molecule has 5 nitrogen and oxygen atoms in total. The van der Waals surface area contributed by atoms with Gasteiger partial charge >= 0.3 is 5.97 Å². The van der Waals surface area contributed by atoms with Gasteiger partial charge in [0.05, 0.1) is 26.7 Å². The molecule has 0 aliphatic rings. The molecule has 1 rings (SSSR count). The van der Waals surface area contributed by atoms with E-state index in [0.717, 1.165) is 17.7 Å². The number of carbonyl (C=O) groups excluding carboxylic acids is 1. The van der Waals surface area contributed by atoms with Gasteiger partial charge in [0.15, 0.2) is 0 Å². The van der Waals surface area contributed by atoms with Crippen molar-refractivity contribution in [3.63, 3.8) is 0 Å². The first-order valence-corrected chi connectivity index (χ1v) is 6.67. The average molecular weight is 281 g/mol. The minimum atomic E-state index is -0.247. The Morgan fingerprint density at radius 1 is 1.20 bits per heavy atom. The summed E-state index contributed by atoms with van der Waals surface area (Å²) in [5.41, 5.74) is 2.03. The number of carbonyl (C=O) groups is 1. The highest BCUT2D eigenvalue weighted by atomic mass is 16.5. The van der Waals surface area contributed by atoms with Gasteiger partial charge in [0.2, 0.25) is 0 Å². The summed E-state index contributed by atoms with van der Waals surface area (Å²) in [5, 5.41) is 9.11. The minimum Gasteiger partial charge on any atom is -0.469 e. The second kappa shape index (κ2) is 9.47. The Morgan fingerprint density at radius 3 is 2.50 bits per heavy atom. The van der Waals surface area contributed by atoms with Crippen molar-refractivity contribution in [3.05, 3.63) is 35.4 Å². The molecule has 0 atom stereocenters. The lowest BCUT2D eigenvalue weighted by atomic mass is 10.0. The Hall–Kier alpha value is -1.43. The fourth-order valence-electron chi connectivity index (χ4n) is 1.98. The third-order valence-corrected chi connectivity index (χ3v) is 3.10. The van der Waals surface area contributed by atoms with Crippen LogP contribution in [0.5, 0.6) is 0 Å². The SMILES string of the molecule is COCCN(CCO)Cc1ccccc1CC(=O)OC. The fourth-order valence-corrected chi connectivity index (χ4v) is 1.98. The molecule has 0 heterocycles. The Labute approximate surface area is 120 Å². The third kappa shape index (κ3) is 5.69. The highest BCUT2D eigenvalue weighted by molar-refractivity contribution is 5.72. The summed E-state index contributed by atoms with van der Waals surface area (Å²) >= 11 is 0. The summed E-state index contributed by atoms with van der Waals surface area (Å²) in [7, 11) is 3.05. The molecule has 0 unspecified atom stereocenters. The zero-order valence-corrected chi connectivity index (χ0v) is 12.2. The molecule has 5 heteroatoms. The lowest BCUT2D eigenvalue weighted by Gasteiger charge is -2.22. The summed E-state index contributed by atoms with van der Waals surface area (Å²) in [6, 6.07) is 7.78. The van der Waals surface area contributed by atoms with Crippen molar-refractivity contribution in [2.45, 2.75) is 13.0 Å². The lowest BCUT2D eigenvalue weighted by molar-refractivity contribution is -0.139. The van der Waals surface area contributed by atoms with E-state index in [0.29, 0.717) is 19.7 Å². The van der Waals surface area contributed by atoms with Crippen molar-refractivity contribution in [3.8, 4) is 0 Å². The maximum Gasteiger partial charge on any atom is 0.309 e. The fraction of sp³-hybridized carbons (Fsp3) is 0.533. The summed E-state index contributed by atoms with van der Waals surface area (Å²) < 4.78 is 9.79. The Kier molecular flexibility index (Phi) is 7.87. The molecule has 112 valence electrons. The molecule has 0 aromatic heterocycles. The number of esters is 1. The molecule has 0 radical (unpaired) electrons. The monoisotopic (exact) mass is 281 g/mol. The zero-order valence-electron chi connectivity index (χ0n) is 12.2. The van der Waals surface area contributed by atoms with E-state index < -0.39 is 0 Å². The zero-order chi connectivity index (χ0) is 14.8. The maximum absolute atomic E-state index is 11.4. The van der Waals surface area contributed by atoms with E-state index in [1.54, 1.807) is 7.11 Å². The standard InChI is InChI=1S/C15H23NO4/c1-19-10-8-16(7-9-17)12-14-6-4-3-5-13(14)11-15(18)20-2/h3-6,17H,7-12H2,1-2H3. The van der Waals surface area contributed by atoms with Crippen LogP contribution in [-0.4, -0.2) is 56.5 Å². The first kappa shape index (κ1) is 16.6. The number of benzene rings is 1. The number of ether oxygens (including phenoxy) is 2. The summed E-state index contributed by atoms with van der Waals surface area (Å²) in [6.07, 6.45) is 0.268. The number of aliphatic hydroxyl groups excluding tert-OH is 1. The van der Waals surface area contributed by atoms with Crippen LogP contribution in [0, 0.1) is 0 Å². The molecule has 0 aliphatic heterocycles. The maximum atomic E-state index is 11.4. The van der Waals surface area contributed by atoms with E-state index in [9.17, 15) is 4.79 Å². The normalized spacial score (nSPS) is 10.8. The van der Waals surface area contributed by atoms with Crippen molar-refractivity contribution in [1.82, 2.24) is 4.90 Å². The molecule has 1 aromatic rings. The predicted octanol–water partition coefficient (Wildman–Crippen LogP) is 0.843. The number of rotatable bonds is 9. The first-order valence-electron chi connectivity index (χ1n) is 6.67. The van der Waals surface area contributed by atoms with Gasteiger partial charge in [0, 0.05) is 26.7 Å². The quantitative estimate of drug-likeness (QED) is 0.680. The van der Waals surface area contributed by atoms with Gasteiger partial charge in [0.25, 0.3) is 0 Å². The van der Waals surface area contributed by atoms with E-state index in [1.165, 1.54) is 7.11 Å². The van der Waals surface area contributed by atoms with Crippen molar-refractivity contribution in [2.24, 2.45) is 0 Å². The molecule has 0 aliphatic carbocycles. The smallest absolute Gasteiger partial charge is 0.309 e. The summed E-state index contributed by atoms with van der Waals surface area (Å²) in [4.78, 5) is 13.5. The van der Waals surface area contributed by atoms with Crippen LogP contribution in [0.15, 0.2) is 24.3 Å². The third-order valence-electron chi connectivity index (χ3n) is 3.10. The van der Waals surface area contributed by atoms with Crippen LogP contribution in [0.1, 0.15) is 11.1 Å². The van der Waals surface area contributed by atoms with Crippen LogP contribution < -0.4 is 0 Å². The average Bonchev–Trinajstić information content (AvgIpc) is 2.46. The van der Waals surface area contributed by atoms with Crippen molar-refractivity contribution >= 4 is 5.97 Å². The van der Waals surface area contributed by atoms with Crippen molar-refractivity contribution in [2.75, 3.05) is 40.5 Å². The minimum absolute atomic E-state index is 0.100. The van der Waals surface area contributed by atoms with E-state index in [1.807, 2.05) is 24.3 Å². The largest absolute Gasteiger partial charge is 0.469 e. The van der Waals surface area contributed by atoms with Crippen molar-refractivity contribution in [1.29, 1.82) is 0 Å². The molecular weight excluding hydrogens is 258 g/mol. The Morgan fingerprint density at radius 2 is 1.90 bits per heavy atom. The number of methoxy groups -OCH3 is 2. The number of hydrogen-bond donors (Lipinski definition) is 1. The molecule has 0 saturated carbocycles. The van der Waals surface area contributed by atoms with Gasteiger partial charge in [0.1, 0.15) is 0 Å². The van der Waals surface area contributed by atoms with Gasteiger partial charge in [-0.3, -0.25) is 9.69 Å². The molecular formula is C15H23NO4. The van der Waals surface area contributed by atoms with Gasteiger partial charge < -0.3 is 14.6 Å². The van der Waals surface area contributed by atoms with Gasteiger partial charge in [-0.2, -0.15) is 0 Å². The molecule has 0 saturated heterocycles. The molecule has 1 N–H and O–H groups in total. The molecule has 0 fully saturated rings. The highest BCUT2D eigenvalue weighted by Crippen LogP contribution is 2.13. The molecule has 0 amide bonds. The Balaban J connectivity index is 2.75. The summed E-state index contributed by atoms with van der Waals surface area (Å²) in [6.45, 7) is 2.71. The van der Waals surface area contributed by atoms with E-state index in [4.69, 9.17) is 14.6 Å². The number of nitrogens with zero attached hydrogens (tertiary/aromatic N) is 1. The lowest BCUT2D eigenvalue weighted by Crippen LogP contribution is -2.30. The van der Waals surface area contributed by atoms with Crippen LogP contribution in [-0.2, 0) is 27.2 Å². The first-order chi connectivity index (χ1) is 9.71. The number of aliphatic hydroxyl groups is 1. The van der Waals surface area contributed by atoms with Gasteiger partial charge in [-0.05, 0) is 11.1 Å². The summed E-state index contributed by atoms with van der Waals surface area (Å²) in [5.74, 6) is -0.247. The molecule has 1 aromatic carbocycles. The van der Waals surface area contributed by atoms with E-state index in [-0.39, 0.29) is 19.0 Å². The van der Waals surface area contributed by atoms with Crippen LogP contribution in [0.2, 0.25) is 0 Å². The molecule has 0 bridgehead atoms.